The van der Waals surface area contributed by atoms with Crippen LogP contribution < -0.4 is 20.3 Å². The van der Waals surface area contributed by atoms with E-state index in [1.165, 1.54) is 24.3 Å². The van der Waals surface area contributed by atoms with E-state index in [1.54, 1.807) is 37.3 Å². The summed E-state index contributed by atoms with van der Waals surface area (Å²) in [5.74, 6) is -1.92. The number of rotatable bonds is 6. The summed E-state index contributed by atoms with van der Waals surface area (Å²) in [6.45, 7) is 3.31. The Bertz CT molecular complexity index is 1450. The van der Waals surface area contributed by atoms with Crippen molar-refractivity contribution in [3.63, 3.8) is 0 Å². The molecule has 1 aliphatic heterocycles. The summed E-state index contributed by atoms with van der Waals surface area (Å²) < 4.78 is 5.67. The molecule has 0 saturated carbocycles. The van der Waals surface area contributed by atoms with E-state index < -0.39 is 23.8 Å². The molecule has 3 aromatic rings. The van der Waals surface area contributed by atoms with Gasteiger partial charge in [-0.15, -0.1) is 0 Å². The smallest absolute Gasteiger partial charge is 0.335 e. The standard InChI is InChI=1S/C27H21Cl2N3O5/c1-15-3-8-20(9-4-15)30-24(33)14-37-23-10-7-18(28)11-17(23)12-21-25(34)31-27(36)32(26(21)35)22-13-19(29)6-5-16(22)2/h3-13H,14H2,1-2H3,(H,30,33)(H,31,34,36)/b21-12+. The molecule has 0 aliphatic carbocycles. The summed E-state index contributed by atoms with van der Waals surface area (Å²) in [5, 5.41) is 5.52. The number of nitrogens with zero attached hydrogens (tertiary/aromatic N) is 1. The highest BCUT2D eigenvalue weighted by Gasteiger charge is 2.37. The van der Waals surface area contributed by atoms with Crippen LogP contribution in [0.2, 0.25) is 10.0 Å². The number of nitrogens with one attached hydrogen (secondary N) is 2. The van der Waals surface area contributed by atoms with Gasteiger partial charge in [0, 0.05) is 21.3 Å². The number of halogens is 2. The fraction of sp³-hybridized carbons (Fsp3) is 0.111. The van der Waals surface area contributed by atoms with Gasteiger partial charge < -0.3 is 10.1 Å². The van der Waals surface area contributed by atoms with Gasteiger partial charge in [0.25, 0.3) is 17.7 Å². The van der Waals surface area contributed by atoms with Gasteiger partial charge in [0.15, 0.2) is 6.61 Å². The van der Waals surface area contributed by atoms with Crippen molar-refractivity contribution in [1.82, 2.24) is 5.32 Å². The molecule has 0 bridgehead atoms. The number of ether oxygens (including phenoxy) is 1. The minimum absolute atomic E-state index is 0.207. The fourth-order valence-electron chi connectivity index (χ4n) is 3.60. The van der Waals surface area contributed by atoms with Crippen molar-refractivity contribution in [2.24, 2.45) is 0 Å². The molecule has 188 valence electrons. The van der Waals surface area contributed by atoms with Gasteiger partial charge in [0.2, 0.25) is 0 Å². The number of barbiturate groups is 1. The molecule has 0 spiro atoms. The quantitative estimate of drug-likeness (QED) is 0.328. The summed E-state index contributed by atoms with van der Waals surface area (Å²) in [5.41, 5.74) is 2.46. The maximum Gasteiger partial charge on any atom is 0.335 e. The normalized spacial score (nSPS) is 14.5. The van der Waals surface area contributed by atoms with E-state index in [-0.39, 0.29) is 29.2 Å². The predicted molar refractivity (Wildman–Crippen MR) is 142 cm³/mol. The number of hydrogen-bond acceptors (Lipinski definition) is 5. The van der Waals surface area contributed by atoms with Crippen LogP contribution in [0.4, 0.5) is 16.2 Å². The second-order valence-corrected chi connectivity index (χ2v) is 9.15. The molecule has 1 heterocycles. The van der Waals surface area contributed by atoms with Gasteiger partial charge in [0.05, 0.1) is 5.69 Å². The van der Waals surface area contributed by atoms with Gasteiger partial charge in [-0.25, -0.2) is 9.69 Å². The van der Waals surface area contributed by atoms with Crippen molar-refractivity contribution in [2.75, 3.05) is 16.8 Å². The number of carbonyl (C=O) groups excluding carboxylic acids is 4. The van der Waals surface area contributed by atoms with Crippen LogP contribution in [0.1, 0.15) is 16.7 Å². The molecule has 5 amide bonds. The highest BCUT2D eigenvalue weighted by atomic mass is 35.5. The van der Waals surface area contributed by atoms with Crippen LogP contribution in [-0.4, -0.2) is 30.4 Å². The topological polar surface area (TPSA) is 105 Å². The largest absolute Gasteiger partial charge is 0.483 e. The monoisotopic (exact) mass is 537 g/mol. The predicted octanol–water partition coefficient (Wildman–Crippen LogP) is 5.29. The number of aryl methyl sites for hydroxylation is 2. The number of carbonyl (C=O) groups is 4. The van der Waals surface area contributed by atoms with E-state index in [0.29, 0.717) is 21.3 Å². The summed E-state index contributed by atoms with van der Waals surface area (Å²) in [7, 11) is 0. The van der Waals surface area contributed by atoms with Crippen molar-refractivity contribution in [1.29, 1.82) is 0 Å². The van der Waals surface area contributed by atoms with Crippen LogP contribution >= 0.6 is 23.2 Å². The van der Waals surface area contributed by atoms with Crippen molar-refractivity contribution in [2.45, 2.75) is 13.8 Å². The first-order chi connectivity index (χ1) is 17.6. The van der Waals surface area contributed by atoms with Gasteiger partial charge in [-0.3, -0.25) is 19.7 Å². The molecule has 37 heavy (non-hydrogen) atoms. The third-order valence-electron chi connectivity index (χ3n) is 5.48. The van der Waals surface area contributed by atoms with Gasteiger partial charge >= 0.3 is 6.03 Å². The van der Waals surface area contributed by atoms with Crippen LogP contribution in [0.15, 0.2) is 66.2 Å². The van der Waals surface area contributed by atoms with E-state index in [2.05, 4.69) is 10.6 Å². The third kappa shape index (κ3) is 5.99. The van der Waals surface area contributed by atoms with Crippen LogP contribution in [0.5, 0.6) is 5.75 Å². The molecule has 1 fully saturated rings. The lowest BCUT2D eigenvalue weighted by Gasteiger charge is -2.27. The highest BCUT2D eigenvalue weighted by molar-refractivity contribution is 6.40. The Morgan fingerprint density at radius 1 is 0.973 bits per heavy atom. The molecule has 0 aromatic heterocycles. The Balaban J connectivity index is 1.60. The van der Waals surface area contributed by atoms with Crippen molar-refractivity contribution in [3.8, 4) is 5.75 Å². The first-order valence-corrected chi connectivity index (χ1v) is 11.8. The minimum Gasteiger partial charge on any atom is -0.483 e. The third-order valence-corrected chi connectivity index (χ3v) is 5.95. The average molecular weight is 538 g/mol. The first-order valence-electron chi connectivity index (χ1n) is 11.1. The van der Waals surface area contributed by atoms with Crippen LogP contribution in [0, 0.1) is 13.8 Å². The Morgan fingerprint density at radius 2 is 1.65 bits per heavy atom. The van der Waals surface area contributed by atoms with E-state index in [1.807, 2.05) is 19.1 Å². The van der Waals surface area contributed by atoms with Crippen LogP contribution in [-0.2, 0) is 14.4 Å². The molecular formula is C27H21Cl2N3O5. The molecule has 0 atom stereocenters. The summed E-state index contributed by atoms with van der Waals surface area (Å²) in [4.78, 5) is 51.7. The lowest BCUT2D eigenvalue weighted by atomic mass is 10.0. The molecule has 1 saturated heterocycles. The second-order valence-electron chi connectivity index (χ2n) is 8.27. The highest BCUT2D eigenvalue weighted by Crippen LogP contribution is 2.30. The molecule has 1 aliphatic rings. The van der Waals surface area contributed by atoms with Gasteiger partial charge in [-0.05, 0) is 68.0 Å². The number of benzene rings is 3. The van der Waals surface area contributed by atoms with Gasteiger partial charge in [0.1, 0.15) is 11.3 Å². The van der Waals surface area contributed by atoms with Gasteiger partial charge in [-0.2, -0.15) is 0 Å². The molecule has 3 aromatic carbocycles. The summed E-state index contributed by atoms with van der Waals surface area (Å²) in [6, 6.07) is 15.7. The maximum absolute atomic E-state index is 13.3. The minimum atomic E-state index is -0.895. The van der Waals surface area contributed by atoms with E-state index in [0.717, 1.165) is 10.5 Å². The Kier molecular flexibility index (Phi) is 7.61. The second kappa shape index (κ2) is 10.9. The zero-order valence-corrected chi connectivity index (χ0v) is 21.3. The summed E-state index contributed by atoms with van der Waals surface area (Å²) >= 11 is 12.2. The number of hydrogen-bond donors (Lipinski definition) is 2. The maximum atomic E-state index is 13.3. The SMILES string of the molecule is Cc1ccc(NC(=O)COc2ccc(Cl)cc2/C=C2\C(=O)NC(=O)N(c3cc(Cl)ccc3C)C2=O)cc1. The van der Waals surface area contributed by atoms with Crippen molar-refractivity contribution >= 4 is 64.4 Å². The zero-order valence-electron chi connectivity index (χ0n) is 19.8. The van der Waals surface area contributed by atoms with Crippen LogP contribution in [0.3, 0.4) is 0 Å². The molecule has 0 unspecified atom stereocenters. The molecule has 4 rings (SSSR count). The Labute approximate surface area is 222 Å². The number of urea groups is 1. The molecule has 8 nitrogen and oxygen atoms in total. The van der Waals surface area contributed by atoms with E-state index in [9.17, 15) is 19.2 Å². The molecule has 2 N–H and O–H groups in total. The lowest BCUT2D eigenvalue weighted by Crippen LogP contribution is -2.54. The van der Waals surface area contributed by atoms with E-state index in [4.69, 9.17) is 27.9 Å². The number of imide groups is 2. The van der Waals surface area contributed by atoms with Crippen LogP contribution in [0.25, 0.3) is 6.08 Å². The zero-order chi connectivity index (χ0) is 26.7. The molecule has 10 heteroatoms. The summed E-state index contributed by atoms with van der Waals surface area (Å²) in [6.07, 6.45) is 1.26. The average Bonchev–Trinajstić information content (AvgIpc) is 2.84. The number of anilines is 2. The van der Waals surface area contributed by atoms with Crippen molar-refractivity contribution in [3.05, 3.63) is 93.0 Å². The number of amides is 5. The Morgan fingerprint density at radius 3 is 2.38 bits per heavy atom. The lowest BCUT2D eigenvalue weighted by molar-refractivity contribution is -0.122. The Hall–Kier alpha value is -4.14. The molecular weight excluding hydrogens is 517 g/mol. The molecule has 0 radical (unpaired) electrons. The fourth-order valence-corrected chi connectivity index (χ4v) is 3.94. The van der Waals surface area contributed by atoms with Gasteiger partial charge in [-0.1, -0.05) is 47.0 Å². The van der Waals surface area contributed by atoms with Crippen molar-refractivity contribution < 1.29 is 23.9 Å². The van der Waals surface area contributed by atoms with E-state index >= 15 is 0 Å². The first kappa shape index (κ1) is 25.9.